The Kier molecular flexibility index (Phi) is 6.55. The summed E-state index contributed by atoms with van der Waals surface area (Å²) in [5, 5.41) is 2.89. The molecule has 1 aromatic heterocycles. The van der Waals surface area contributed by atoms with Gasteiger partial charge in [0.15, 0.2) is 0 Å². The SMILES string of the molecule is CCCCNC(=O)c1cnc(N2CCN(Cc3ccccc3)CC2)nc1. The Morgan fingerprint density at radius 1 is 1.08 bits per heavy atom. The maximum Gasteiger partial charge on any atom is 0.254 e. The summed E-state index contributed by atoms with van der Waals surface area (Å²) in [5.74, 6) is 0.604. The molecule has 0 unspecified atom stereocenters. The third kappa shape index (κ3) is 5.02. The quantitative estimate of drug-likeness (QED) is 0.774. The first kappa shape index (κ1) is 18.3. The molecular formula is C20H27N5O. The second-order valence-electron chi connectivity index (χ2n) is 6.63. The molecule has 1 aromatic carbocycles. The molecule has 6 nitrogen and oxygen atoms in total. The zero-order chi connectivity index (χ0) is 18.2. The lowest BCUT2D eigenvalue weighted by Crippen LogP contribution is -2.46. The van der Waals surface area contributed by atoms with Gasteiger partial charge in [-0.15, -0.1) is 0 Å². The Balaban J connectivity index is 1.49. The van der Waals surface area contributed by atoms with Crippen LogP contribution in [0.25, 0.3) is 0 Å². The molecule has 1 N–H and O–H groups in total. The fourth-order valence-corrected chi connectivity index (χ4v) is 3.03. The number of anilines is 1. The number of aromatic nitrogens is 2. The summed E-state index contributed by atoms with van der Waals surface area (Å²) in [6, 6.07) is 10.5. The number of carbonyl (C=O) groups excluding carboxylic acids is 1. The van der Waals surface area contributed by atoms with Crippen molar-refractivity contribution >= 4 is 11.9 Å². The summed E-state index contributed by atoms with van der Waals surface area (Å²) in [5.41, 5.74) is 1.86. The van der Waals surface area contributed by atoms with E-state index in [1.165, 1.54) is 5.56 Å². The summed E-state index contributed by atoms with van der Waals surface area (Å²) in [6.45, 7) is 7.54. The number of unbranched alkanes of at least 4 members (excludes halogenated alkanes) is 1. The summed E-state index contributed by atoms with van der Waals surface area (Å²) in [6.07, 6.45) is 5.30. The standard InChI is InChI=1S/C20H27N5O/c1-2-3-9-21-19(26)18-14-22-20(23-15-18)25-12-10-24(11-13-25)16-17-7-5-4-6-8-17/h4-8,14-15H,2-3,9-13,16H2,1H3,(H,21,26). The van der Waals surface area contributed by atoms with Gasteiger partial charge in [-0.1, -0.05) is 43.7 Å². The molecule has 2 heterocycles. The van der Waals surface area contributed by atoms with E-state index in [-0.39, 0.29) is 5.91 Å². The number of hydrogen-bond donors (Lipinski definition) is 1. The molecule has 0 saturated carbocycles. The van der Waals surface area contributed by atoms with E-state index in [2.05, 4.69) is 56.3 Å². The number of rotatable bonds is 7. The van der Waals surface area contributed by atoms with Gasteiger partial charge in [0, 0.05) is 51.7 Å². The highest BCUT2D eigenvalue weighted by molar-refractivity contribution is 5.93. The van der Waals surface area contributed by atoms with Gasteiger partial charge in [0.05, 0.1) is 5.56 Å². The molecule has 0 aliphatic carbocycles. The van der Waals surface area contributed by atoms with Crippen molar-refractivity contribution in [3.8, 4) is 0 Å². The molecule has 0 radical (unpaired) electrons. The number of carbonyl (C=O) groups is 1. The summed E-state index contributed by atoms with van der Waals surface area (Å²) < 4.78 is 0. The topological polar surface area (TPSA) is 61.4 Å². The Labute approximate surface area is 155 Å². The monoisotopic (exact) mass is 353 g/mol. The van der Waals surface area contributed by atoms with Crippen LogP contribution in [0.3, 0.4) is 0 Å². The molecule has 1 saturated heterocycles. The molecule has 1 aliphatic heterocycles. The Morgan fingerprint density at radius 2 is 1.77 bits per heavy atom. The largest absolute Gasteiger partial charge is 0.352 e. The molecule has 0 bridgehead atoms. The number of benzene rings is 1. The summed E-state index contributed by atoms with van der Waals surface area (Å²) in [7, 11) is 0. The second kappa shape index (κ2) is 9.29. The van der Waals surface area contributed by atoms with Crippen molar-refractivity contribution in [3.63, 3.8) is 0 Å². The molecular weight excluding hydrogens is 326 g/mol. The van der Waals surface area contributed by atoms with Gasteiger partial charge >= 0.3 is 0 Å². The molecule has 1 amide bonds. The van der Waals surface area contributed by atoms with Gasteiger partial charge in [0.1, 0.15) is 0 Å². The Hall–Kier alpha value is -2.47. The van der Waals surface area contributed by atoms with E-state index >= 15 is 0 Å². The van der Waals surface area contributed by atoms with E-state index in [1.807, 2.05) is 6.07 Å². The fraction of sp³-hybridized carbons (Fsp3) is 0.450. The average molecular weight is 353 g/mol. The van der Waals surface area contributed by atoms with Crippen LogP contribution >= 0.6 is 0 Å². The van der Waals surface area contributed by atoms with Gasteiger partial charge in [0.25, 0.3) is 5.91 Å². The van der Waals surface area contributed by atoms with Gasteiger partial charge in [-0.3, -0.25) is 9.69 Å². The van der Waals surface area contributed by atoms with Crippen LogP contribution in [0.1, 0.15) is 35.7 Å². The minimum absolute atomic E-state index is 0.0994. The highest BCUT2D eigenvalue weighted by atomic mass is 16.1. The first-order valence-corrected chi connectivity index (χ1v) is 9.37. The molecule has 0 spiro atoms. The highest BCUT2D eigenvalue weighted by Crippen LogP contribution is 2.13. The molecule has 2 aromatic rings. The van der Waals surface area contributed by atoms with Crippen LogP contribution in [0.4, 0.5) is 5.95 Å². The zero-order valence-corrected chi connectivity index (χ0v) is 15.4. The highest BCUT2D eigenvalue weighted by Gasteiger charge is 2.19. The van der Waals surface area contributed by atoms with Crippen molar-refractivity contribution in [2.24, 2.45) is 0 Å². The molecule has 6 heteroatoms. The zero-order valence-electron chi connectivity index (χ0n) is 15.4. The second-order valence-corrected chi connectivity index (χ2v) is 6.63. The van der Waals surface area contributed by atoms with Crippen LogP contribution in [0, 0.1) is 0 Å². The normalized spacial score (nSPS) is 15.0. The van der Waals surface area contributed by atoms with Crippen LogP contribution in [0.15, 0.2) is 42.7 Å². The number of nitrogens with zero attached hydrogens (tertiary/aromatic N) is 4. The van der Waals surface area contributed by atoms with Crippen molar-refractivity contribution < 1.29 is 4.79 Å². The lowest BCUT2D eigenvalue weighted by Gasteiger charge is -2.34. The fourth-order valence-electron chi connectivity index (χ4n) is 3.03. The lowest BCUT2D eigenvalue weighted by molar-refractivity contribution is 0.0952. The van der Waals surface area contributed by atoms with E-state index in [1.54, 1.807) is 12.4 Å². The number of nitrogens with one attached hydrogen (secondary N) is 1. The average Bonchev–Trinajstić information content (AvgIpc) is 2.70. The van der Waals surface area contributed by atoms with Gasteiger partial charge in [-0.05, 0) is 12.0 Å². The lowest BCUT2D eigenvalue weighted by atomic mass is 10.2. The smallest absolute Gasteiger partial charge is 0.254 e. The predicted molar refractivity (Wildman–Crippen MR) is 103 cm³/mol. The van der Waals surface area contributed by atoms with Crippen molar-refractivity contribution in [1.82, 2.24) is 20.2 Å². The van der Waals surface area contributed by atoms with Crippen molar-refractivity contribution in [3.05, 3.63) is 53.9 Å². The summed E-state index contributed by atoms with van der Waals surface area (Å²) in [4.78, 5) is 25.4. The number of hydrogen-bond acceptors (Lipinski definition) is 5. The van der Waals surface area contributed by atoms with Crippen LogP contribution in [0.2, 0.25) is 0 Å². The van der Waals surface area contributed by atoms with Crippen molar-refractivity contribution in [2.45, 2.75) is 26.3 Å². The predicted octanol–water partition coefficient (Wildman–Crippen LogP) is 2.33. The van der Waals surface area contributed by atoms with Crippen LogP contribution in [-0.4, -0.2) is 53.5 Å². The van der Waals surface area contributed by atoms with Crippen molar-refractivity contribution in [2.75, 3.05) is 37.6 Å². The van der Waals surface area contributed by atoms with Gasteiger partial charge in [-0.25, -0.2) is 9.97 Å². The number of piperazine rings is 1. The van der Waals surface area contributed by atoms with Crippen molar-refractivity contribution in [1.29, 1.82) is 0 Å². The molecule has 26 heavy (non-hydrogen) atoms. The van der Waals surface area contributed by atoms with E-state index < -0.39 is 0 Å². The minimum Gasteiger partial charge on any atom is -0.352 e. The van der Waals surface area contributed by atoms with Gasteiger partial charge in [-0.2, -0.15) is 0 Å². The maximum atomic E-state index is 12.0. The van der Waals surface area contributed by atoms with E-state index in [0.717, 1.165) is 45.6 Å². The first-order chi connectivity index (χ1) is 12.8. The molecule has 138 valence electrons. The third-order valence-corrected chi connectivity index (χ3v) is 4.62. The van der Waals surface area contributed by atoms with Crippen LogP contribution < -0.4 is 10.2 Å². The first-order valence-electron chi connectivity index (χ1n) is 9.37. The maximum absolute atomic E-state index is 12.0. The molecule has 1 fully saturated rings. The molecule has 1 aliphatic rings. The third-order valence-electron chi connectivity index (χ3n) is 4.62. The van der Waals surface area contributed by atoms with E-state index in [4.69, 9.17) is 0 Å². The number of amides is 1. The Bertz CT molecular complexity index is 681. The van der Waals surface area contributed by atoms with E-state index in [9.17, 15) is 4.79 Å². The van der Waals surface area contributed by atoms with Gasteiger partial charge < -0.3 is 10.2 Å². The molecule has 0 atom stereocenters. The van der Waals surface area contributed by atoms with Crippen LogP contribution in [-0.2, 0) is 6.54 Å². The Morgan fingerprint density at radius 3 is 2.42 bits per heavy atom. The van der Waals surface area contributed by atoms with E-state index in [0.29, 0.717) is 18.1 Å². The summed E-state index contributed by atoms with van der Waals surface area (Å²) >= 11 is 0. The molecule has 3 rings (SSSR count). The minimum atomic E-state index is -0.0994. The van der Waals surface area contributed by atoms with Gasteiger partial charge in [0.2, 0.25) is 5.95 Å². The van der Waals surface area contributed by atoms with Crippen LogP contribution in [0.5, 0.6) is 0 Å².